The van der Waals surface area contributed by atoms with Gasteiger partial charge in [0.15, 0.2) is 5.42 Å². The largest absolute Gasteiger partial charge is 0.417 e. The molecule has 0 amide bonds. The van der Waals surface area contributed by atoms with Gasteiger partial charge in [0.1, 0.15) is 0 Å². The van der Waals surface area contributed by atoms with Gasteiger partial charge in [-0.05, 0) is 12.2 Å². The molecule has 0 saturated heterocycles. The summed E-state index contributed by atoms with van der Waals surface area (Å²) in [4.78, 5) is 13.2. The van der Waals surface area contributed by atoms with E-state index >= 15 is 0 Å². The minimum atomic E-state index is -0.476. The van der Waals surface area contributed by atoms with Crippen LogP contribution in [0.25, 0.3) is 12.2 Å². The van der Waals surface area contributed by atoms with Crippen LogP contribution < -0.4 is 16.5 Å². The summed E-state index contributed by atoms with van der Waals surface area (Å²) in [5.41, 5.74) is 0.468. The van der Waals surface area contributed by atoms with E-state index in [2.05, 4.69) is 18.1 Å². The van der Waals surface area contributed by atoms with Gasteiger partial charge in [-0.25, -0.2) is 4.79 Å². The highest BCUT2D eigenvalue weighted by Crippen LogP contribution is 1.64. The fraction of sp³-hybridized carbons (Fsp3) is 0. The molecule has 0 spiro atoms. The Kier molecular flexibility index (Phi) is 2.48. The van der Waals surface area contributed by atoms with Crippen molar-refractivity contribution in [1.82, 2.24) is 4.98 Å². The molecule has 62 valence electrons. The summed E-state index contributed by atoms with van der Waals surface area (Å²) in [6.45, 7) is 7.00. The van der Waals surface area contributed by atoms with Crippen LogP contribution in [0.2, 0.25) is 0 Å². The van der Waals surface area contributed by atoms with Crippen molar-refractivity contribution >= 4 is 12.2 Å². The zero-order valence-electron chi connectivity index (χ0n) is 6.54. The van der Waals surface area contributed by atoms with E-state index in [1.54, 1.807) is 24.3 Å². The Balaban J connectivity index is 3.57. The number of allylic oxidation sites excluding steroid dienone is 2. The second kappa shape index (κ2) is 3.57. The highest BCUT2D eigenvalue weighted by Gasteiger charge is 1.90. The molecular weight excluding hydrogens is 154 g/mol. The van der Waals surface area contributed by atoms with Gasteiger partial charge in [0.2, 0.25) is 0 Å². The van der Waals surface area contributed by atoms with E-state index in [4.69, 9.17) is 4.42 Å². The molecule has 1 aromatic rings. The lowest BCUT2D eigenvalue weighted by Gasteiger charge is -1.71. The number of hydrogen-bond donors (Lipinski definition) is 1. The summed E-state index contributed by atoms with van der Waals surface area (Å²) in [5.74, 6) is -0.476. The molecule has 0 fully saturated rings. The monoisotopic (exact) mass is 163 g/mol. The first kappa shape index (κ1) is 8.33. The van der Waals surface area contributed by atoms with Crippen molar-refractivity contribution in [2.45, 2.75) is 0 Å². The van der Waals surface area contributed by atoms with Gasteiger partial charge in [0.05, 0.1) is 5.35 Å². The van der Waals surface area contributed by atoms with Crippen molar-refractivity contribution in [3.05, 3.63) is 46.6 Å². The van der Waals surface area contributed by atoms with E-state index in [0.717, 1.165) is 0 Å². The molecule has 0 saturated carbocycles. The van der Waals surface area contributed by atoms with E-state index in [0.29, 0.717) is 10.8 Å². The van der Waals surface area contributed by atoms with Crippen LogP contribution >= 0.6 is 0 Å². The quantitative estimate of drug-likeness (QED) is 0.661. The molecule has 0 unspecified atom stereocenters. The molecule has 1 N–H and O–H groups in total. The van der Waals surface area contributed by atoms with Crippen molar-refractivity contribution in [2.75, 3.05) is 0 Å². The van der Waals surface area contributed by atoms with Gasteiger partial charge in [-0.1, -0.05) is 25.3 Å². The van der Waals surface area contributed by atoms with Gasteiger partial charge in [0.25, 0.3) is 0 Å². The maximum atomic E-state index is 10.7. The van der Waals surface area contributed by atoms with Gasteiger partial charge in [-0.3, -0.25) is 4.98 Å². The lowest BCUT2D eigenvalue weighted by molar-refractivity contribution is 0.486. The number of aromatic amines is 1. The summed E-state index contributed by atoms with van der Waals surface area (Å²) in [6, 6.07) is 0. The number of oxazole rings is 1. The van der Waals surface area contributed by atoms with Crippen molar-refractivity contribution in [1.29, 1.82) is 0 Å². The minimum absolute atomic E-state index is 0.468. The molecule has 0 aliphatic rings. The van der Waals surface area contributed by atoms with Crippen LogP contribution in [0.3, 0.4) is 0 Å². The molecule has 1 heterocycles. The predicted octanol–water partition coefficient (Wildman–Crippen LogP) is -0.0991. The van der Waals surface area contributed by atoms with Crippen LogP contribution in [-0.4, -0.2) is 4.98 Å². The summed E-state index contributed by atoms with van der Waals surface area (Å²) >= 11 is 0. The fourth-order valence-electron chi connectivity index (χ4n) is 0.824. The third-order valence-corrected chi connectivity index (χ3v) is 1.26. The van der Waals surface area contributed by atoms with Crippen molar-refractivity contribution in [3.8, 4) is 0 Å². The molecule has 0 aliphatic carbocycles. The van der Waals surface area contributed by atoms with Crippen molar-refractivity contribution < 1.29 is 4.42 Å². The Morgan fingerprint density at radius 2 is 1.92 bits per heavy atom. The number of hydrogen-bond acceptors (Lipinski definition) is 2. The summed E-state index contributed by atoms with van der Waals surface area (Å²) in [6.07, 6.45) is 6.38. The smallest absolute Gasteiger partial charge is 0.408 e. The van der Waals surface area contributed by atoms with Crippen LogP contribution in [0, 0.1) is 0 Å². The van der Waals surface area contributed by atoms with Crippen LogP contribution in [0.1, 0.15) is 0 Å². The molecule has 0 aromatic carbocycles. The lowest BCUT2D eigenvalue weighted by Crippen LogP contribution is -2.21. The van der Waals surface area contributed by atoms with Crippen molar-refractivity contribution in [3.63, 3.8) is 0 Å². The van der Waals surface area contributed by atoms with Gasteiger partial charge in [-0.15, -0.1) is 0 Å². The number of nitrogens with one attached hydrogen (secondary N) is 1. The average molecular weight is 163 g/mol. The Morgan fingerprint density at radius 3 is 2.50 bits per heavy atom. The third kappa shape index (κ3) is 1.63. The van der Waals surface area contributed by atoms with Crippen LogP contribution in [0.4, 0.5) is 0 Å². The minimum Gasteiger partial charge on any atom is -0.408 e. The molecule has 3 heteroatoms. The zero-order chi connectivity index (χ0) is 8.97. The lowest BCUT2D eigenvalue weighted by atomic mass is 10.4. The van der Waals surface area contributed by atoms with Gasteiger partial charge in [0, 0.05) is 0 Å². The standard InChI is InChI=1S/C9H9NO2/c1-3-5-7-8(6-4-2)12-9(11)10-7/h3-6H,1-2H2,(H,10,11)/b7-5+,8-6+. The second-order valence-electron chi connectivity index (χ2n) is 2.10. The SMILES string of the molecule is C=C/C=c1/[nH]c(=O)o/c1=C/C=C. The summed E-state index contributed by atoms with van der Waals surface area (Å²) < 4.78 is 4.79. The predicted molar refractivity (Wildman–Crippen MR) is 47.9 cm³/mol. The van der Waals surface area contributed by atoms with E-state index < -0.39 is 5.76 Å². The molecule has 3 nitrogen and oxygen atoms in total. The Labute approximate surface area is 69.0 Å². The third-order valence-electron chi connectivity index (χ3n) is 1.26. The first-order chi connectivity index (χ1) is 5.77. The Morgan fingerprint density at radius 1 is 1.25 bits per heavy atom. The highest BCUT2D eigenvalue weighted by atomic mass is 16.4. The normalized spacial score (nSPS) is 13.3. The second-order valence-corrected chi connectivity index (χ2v) is 2.10. The van der Waals surface area contributed by atoms with E-state index in [-0.39, 0.29) is 0 Å². The first-order valence-corrected chi connectivity index (χ1v) is 3.42. The Bertz CT molecular complexity index is 407. The number of aromatic nitrogens is 1. The number of H-pyrrole nitrogens is 1. The van der Waals surface area contributed by atoms with Gasteiger partial charge < -0.3 is 4.42 Å². The van der Waals surface area contributed by atoms with Crippen molar-refractivity contribution in [2.24, 2.45) is 0 Å². The zero-order valence-corrected chi connectivity index (χ0v) is 6.54. The summed E-state index contributed by atoms with van der Waals surface area (Å²) in [5, 5.41) is 0.606. The molecule has 1 rings (SSSR count). The van der Waals surface area contributed by atoms with Crippen LogP contribution in [0.15, 0.2) is 34.5 Å². The molecule has 0 atom stereocenters. The number of rotatable bonds is 2. The van der Waals surface area contributed by atoms with E-state index in [1.807, 2.05) is 0 Å². The maximum Gasteiger partial charge on any atom is 0.417 e. The Hall–Kier alpha value is -1.77. The average Bonchev–Trinajstić information content (AvgIpc) is 2.33. The molecule has 0 bridgehead atoms. The van der Waals surface area contributed by atoms with E-state index in [1.165, 1.54) is 0 Å². The topological polar surface area (TPSA) is 46.0 Å². The fourth-order valence-corrected chi connectivity index (χ4v) is 0.824. The van der Waals surface area contributed by atoms with Gasteiger partial charge in [-0.2, -0.15) is 0 Å². The molecule has 1 aromatic heterocycles. The van der Waals surface area contributed by atoms with E-state index in [9.17, 15) is 4.79 Å². The highest BCUT2D eigenvalue weighted by molar-refractivity contribution is 5.37. The first-order valence-electron chi connectivity index (χ1n) is 3.42. The molecule has 0 aliphatic heterocycles. The van der Waals surface area contributed by atoms with Crippen LogP contribution in [0.5, 0.6) is 0 Å². The molecule has 0 radical (unpaired) electrons. The van der Waals surface area contributed by atoms with Crippen LogP contribution in [-0.2, 0) is 0 Å². The molecule has 12 heavy (non-hydrogen) atoms. The van der Waals surface area contributed by atoms with Gasteiger partial charge >= 0.3 is 5.76 Å². The summed E-state index contributed by atoms with van der Waals surface area (Å²) in [7, 11) is 0. The molecular formula is C9H9NO2. The maximum absolute atomic E-state index is 10.7.